The fourth-order valence-corrected chi connectivity index (χ4v) is 6.92. The molecule has 49 heavy (non-hydrogen) atoms. The number of nitrogens with two attached hydrogens (primary N) is 1. The molecule has 256 valence electrons. The van der Waals surface area contributed by atoms with Crippen molar-refractivity contribution in [3.05, 3.63) is 106 Å². The van der Waals surface area contributed by atoms with Gasteiger partial charge in [0.05, 0.1) is 18.5 Å². The van der Waals surface area contributed by atoms with Gasteiger partial charge in [0.1, 0.15) is 0 Å². The summed E-state index contributed by atoms with van der Waals surface area (Å²) in [5.74, 6) is -6.19. The first-order valence-corrected chi connectivity index (χ1v) is 17.1. The lowest BCUT2D eigenvalue weighted by Crippen LogP contribution is -2.33. The van der Waals surface area contributed by atoms with Crippen molar-refractivity contribution in [2.24, 2.45) is 11.1 Å². The van der Waals surface area contributed by atoms with Gasteiger partial charge in [0.2, 0.25) is 10.0 Å². The summed E-state index contributed by atoms with van der Waals surface area (Å²) in [6.07, 6.45) is -1.87. The number of benzene rings is 3. The van der Waals surface area contributed by atoms with E-state index in [1.807, 2.05) is 0 Å². The molecule has 6 rings (SSSR count). The average Bonchev–Trinajstić information content (AvgIpc) is 3.64. The standard InChI is InChI=1S/C34H28F6N4O3S2/c1-47-49(41)29-14-8-20(16-26(29)35)15-25-28(13-7-19-5-6-19)44(32-42-27(18-48-32)31(45)46)43-30(25)23-4-2-3-22(17-23)21-9-11-24(12-10-21)33(36,37)34(38,39)40/h2-4,8-12,14,16-19H,5-7,13,15,41H2,1H3/p+1. The van der Waals surface area contributed by atoms with E-state index >= 15 is 4.39 Å². The second-order valence-electron chi connectivity index (χ2n) is 11.6. The number of halogens is 6. The first-order chi connectivity index (χ1) is 23.3. The van der Waals surface area contributed by atoms with Gasteiger partial charge in [0.25, 0.3) is 11.4 Å². The van der Waals surface area contributed by atoms with E-state index in [9.17, 15) is 31.9 Å². The highest BCUT2D eigenvalue weighted by atomic mass is 32.2. The molecule has 0 saturated heterocycles. The Labute approximate surface area is 284 Å². The molecule has 2 heterocycles. The van der Waals surface area contributed by atoms with E-state index in [4.69, 9.17) is 14.4 Å². The maximum absolute atomic E-state index is 15.2. The average molecular weight is 720 g/mol. The summed E-state index contributed by atoms with van der Waals surface area (Å²) < 4.78 is 88.6. The van der Waals surface area contributed by atoms with Crippen LogP contribution in [0.15, 0.2) is 77.0 Å². The van der Waals surface area contributed by atoms with Crippen LogP contribution in [0.3, 0.4) is 0 Å². The van der Waals surface area contributed by atoms with Crippen LogP contribution in [-0.4, -0.2) is 39.1 Å². The van der Waals surface area contributed by atoms with Crippen molar-refractivity contribution in [2.45, 2.75) is 49.1 Å². The number of carboxylic acids is 1. The first-order valence-electron chi connectivity index (χ1n) is 15.0. The van der Waals surface area contributed by atoms with Crippen molar-refractivity contribution in [2.75, 3.05) is 7.11 Å². The van der Waals surface area contributed by atoms with Crippen molar-refractivity contribution >= 4 is 28.7 Å². The van der Waals surface area contributed by atoms with Crippen LogP contribution in [0.25, 0.3) is 27.5 Å². The normalized spacial score (nSPS) is 14.3. The zero-order chi connectivity index (χ0) is 35.1. The lowest BCUT2D eigenvalue weighted by atomic mass is 9.94. The van der Waals surface area contributed by atoms with Crippen LogP contribution in [0.5, 0.6) is 0 Å². The number of nitrogens with zero attached hydrogens (tertiary/aromatic N) is 3. The minimum Gasteiger partial charge on any atom is -0.476 e. The monoisotopic (exact) mass is 719 g/mol. The van der Waals surface area contributed by atoms with Crippen LogP contribution in [-0.2, 0) is 34.3 Å². The predicted molar refractivity (Wildman–Crippen MR) is 174 cm³/mol. The van der Waals surface area contributed by atoms with E-state index < -0.39 is 40.8 Å². The highest BCUT2D eigenvalue weighted by Crippen LogP contribution is 2.44. The molecule has 1 atom stereocenters. The molecule has 1 fully saturated rings. The van der Waals surface area contributed by atoms with E-state index in [1.165, 1.54) is 30.7 Å². The van der Waals surface area contributed by atoms with Gasteiger partial charge in [-0.15, -0.1) is 16.5 Å². The summed E-state index contributed by atoms with van der Waals surface area (Å²) in [7, 11) is 1.39. The molecule has 3 N–H and O–H groups in total. The molecule has 0 bridgehead atoms. The number of aromatic carboxylic acids is 1. The number of hydrogen-bond donors (Lipinski definition) is 2. The van der Waals surface area contributed by atoms with Crippen molar-refractivity contribution < 1.29 is 40.4 Å². The van der Waals surface area contributed by atoms with Crippen molar-refractivity contribution in [3.63, 3.8) is 0 Å². The van der Waals surface area contributed by atoms with Gasteiger partial charge < -0.3 is 5.11 Å². The first kappa shape index (κ1) is 34.7. The van der Waals surface area contributed by atoms with E-state index in [1.54, 1.807) is 41.1 Å². The molecule has 15 heteroatoms. The SMILES string of the molecule is CO[S+](N)c1ccc(Cc2c(-c3cccc(-c4ccc(C(F)(F)C(F)(F)F)cc4)c3)nn(-c3nc(C(=O)O)cs3)c2CCC2CC2)cc1F. The summed E-state index contributed by atoms with van der Waals surface area (Å²) >= 11 is -0.131. The minimum atomic E-state index is -5.73. The number of aromatic nitrogens is 3. The molecule has 0 radical (unpaired) electrons. The molecular weight excluding hydrogens is 691 g/mol. The van der Waals surface area contributed by atoms with Crippen LogP contribution in [0.2, 0.25) is 0 Å². The van der Waals surface area contributed by atoms with Gasteiger partial charge in [-0.05, 0) is 47.6 Å². The Kier molecular flexibility index (Phi) is 9.63. The Morgan fingerprint density at radius 3 is 2.37 bits per heavy atom. The smallest absolute Gasteiger partial charge is 0.458 e. The maximum Gasteiger partial charge on any atom is 0.458 e. The molecule has 0 aliphatic heterocycles. The third-order valence-electron chi connectivity index (χ3n) is 8.31. The molecule has 0 amide bonds. The van der Waals surface area contributed by atoms with Gasteiger partial charge in [-0.2, -0.15) is 31.2 Å². The van der Waals surface area contributed by atoms with Gasteiger partial charge in [-0.25, -0.2) is 18.9 Å². The quantitative estimate of drug-likeness (QED) is 0.0991. The van der Waals surface area contributed by atoms with E-state index in [2.05, 4.69) is 4.98 Å². The third kappa shape index (κ3) is 7.25. The van der Waals surface area contributed by atoms with Gasteiger partial charge in [0.15, 0.2) is 11.5 Å². The van der Waals surface area contributed by atoms with Crippen LogP contribution < -0.4 is 5.14 Å². The molecule has 0 spiro atoms. The van der Waals surface area contributed by atoms with Crippen LogP contribution in [0.4, 0.5) is 26.3 Å². The second-order valence-corrected chi connectivity index (χ2v) is 13.8. The number of rotatable bonds is 12. The fraction of sp³-hybridized carbons (Fsp3) is 0.265. The Hall–Kier alpha value is -4.18. The second kappa shape index (κ2) is 13.6. The molecule has 1 aliphatic rings. The van der Waals surface area contributed by atoms with E-state index in [0.29, 0.717) is 45.4 Å². The summed E-state index contributed by atoms with van der Waals surface area (Å²) in [4.78, 5) is 16.2. The molecule has 1 unspecified atom stereocenters. The summed E-state index contributed by atoms with van der Waals surface area (Å²) in [5, 5.41) is 22.1. The molecule has 1 aliphatic carbocycles. The largest absolute Gasteiger partial charge is 0.476 e. The maximum atomic E-state index is 15.2. The fourth-order valence-electron chi connectivity index (χ4n) is 5.52. The molecule has 2 aromatic heterocycles. The van der Waals surface area contributed by atoms with Gasteiger partial charge in [0, 0.05) is 34.6 Å². The third-order valence-corrected chi connectivity index (χ3v) is 10.3. The highest BCUT2D eigenvalue weighted by molar-refractivity contribution is 7.90. The van der Waals surface area contributed by atoms with E-state index in [0.717, 1.165) is 54.0 Å². The summed E-state index contributed by atoms with van der Waals surface area (Å²) in [5.41, 5.74) is 2.86. The molecule has 7 nitrogen and oxygen atoms in total. The Morgan fingerprint density at radius 1 is 1.04 bits per heavy atom. The lowest BCUT2D eigenvalue weighted by molar-refractivity contribution is -0.289. The predicted octanol–water partition coefficient (Wildman–Crippen LogP) is 8.50. The Balaban J connectivity index is 1.46. The molecule has 3 aromatic carbocycles. The zero-order valence-electron chi connectivity index (χ0n) is 25.8. The van der Waals surface area contributed by atoms with E-state index in [-0.39, 0.29) is 17.0 Å². The van der Waals surface area contributed by atoms with Crippen molar-refractivity contribution in [1.82, 2.24) is 14.8 Å². The van der Waals surface area contributed by atoms with Crippen LogP contribution in [0.1, 0.15) is 52.1 Å². The van der Waals surface area contributed by atoms with Crippen molar-refractivity contribution in [1.29, 1.82) is 0 Å². The number of carboxylic acid groups (broad SMARTS) is 1. The number of alkyl halides is 5. The number of carbonyl (C=O) groups is 1. The molecule has 5 aromatic rings. The lowest BCUT2D eigenvalue weighted by Gasteiger charge is -2.20. The minimum absolute atomic E-state index is 0.138. The Morgan fingerprint density at radius 2 is 1.76 bits per heavy atom. The Bertz CT molecular complexity index is 1990. The van der Waals surface area contributed by atoms with Gasteiger partial charge >= 0.3 is 18.1 Å². The zero-order valence-corrected chi connectivity index (χ0v) is 27.4. The molecular formula is C34H29F6N4O3S2+. The summed E-state index contributed by atoms with van der Waals surface area (Å²) in [6.45, 7) is 0. The highest BCUT2D eigenvalue weighted by Gasteiger charge is 2.58. The van der Waals surface area contributed by atoms with Crippen molar-refractivity contribution in [3.8, 4) is 27.5 Å². The van der Waals surface area contributed by atoms with Crippen LogP contribution in [0, 0.1) is 11.7 Å². The molecule has 1 saturated carbocycles. The van der Waals surface area contributed by atoms with Gasteiger partial charge in [-0.1, -0.05) is 61.4 Å². The van der Waals surface area contributed by atoms with Gasteiger partial charge in [-0.3, -0.25) is 0 Å². The van der Waals surface area contributed by atoms with Crippen LogP contribution >= 0.6 is 11.3 Å². The summed E-state index contributed by atoms with van der Waals surface area (Å²) in [6, 6.07) is 15.5. The number of thiazole rings is 1. The topological polar surface area (TPSA) is 103 Å². The number of hydrogen-bond acceptors (Lipinski definition) is 6.